The first-order valence-corrected chi connectivity index (χ1v) is 11.1. The van der Waals surface area contributed by atoms with Crippen LogP contribution in [-0.2, 0) is 10.1 Å². The van der Waals surface area contributed by atoms with Crippen molar-refractivity contribution >= 4 is 22.0 Å². The van der Waals surface area contributed by atoms with Gasteiger partial charge in [0.1, 0.15) is 4.90 Å². The van der Waals surface area contributed by atoms with Crippen LogP contribution in [0.4, 0.5) is 5.69 Å². The average Bonchev–Trinajstić information content (AvgIpc) is 2.69. The zero-order valence-corrected chi connectivity index (χ0v) is 18.4. The van der Waals surface area contributed by atoms with E-state index in [1.165, 1.54) is 17.7 Å². The first-order chi connectivity index (χ1) is 14.3. The predicted molar refractivity (Wildman–Crippen MR) is 120 cm³/mol. The normalized spacial score (nSPS) is 11.6. The van der Waals surface area contributed by atoms with Crippen molar-refractivity contribution < 1.29 is 17.3 Å². The highest BCUT2D eigenvalue weighted by molar-refractivity contribution is 7.87. The smallest absolute Gasteiger partial charge is 0.339 e. The third-order valence-electron chi connectivity index (χ3n) is 4.48. The standard InChI is InChI=1S/C24H25NO4S/c1-5-28-24-15-20(16-25-22-12-8-18(3)14-19(22)4)9-13-23(24)29-30(26,27)21-10-6-17(2)7-11-21/h6-16H,5H2,1-4H3. The quantitative estimate of drug-likeness (QED) is 0.370. The summed E-state index contributed by atoms with van der Waals surface area (Å²) in [6, 6.07) is 17.6. The molecule has 0 radical (unpaired) electrons. The Morgan fingerprint density at radius 3 is 2.23 bits per heavy atom. The SMILES string of the molecule is CCOc1cc(C=Nc2ccc(C)cc2C)ccc1OS(=O)(=O)c1ccc(C)cc1. The molecule has 0 saturated carbocycles. The van der Waals surface area contributed by atoms with Crippen LogP contribution in [0, 0.1) is 20.8 Å². The summed E-state index contributed by atoms with van der Waals surface area (Å²) in [5.41, 5.74) is 4.89. The van der Waals surface area contributed by atoms with Crippen LogP contribution in [-0.4, -0.2) is 21.2 Å². The summed E-state index contributed by atoms with van der Waals surface area (Å²) >= 11 is 0. The van der Waals surface area contributed by atoms with Crippen LogP contribution in [0.1, 0.15) is 29.2 Å². The molecule has 0 spiro atoms. The molecular weight excluding hydrogens is 398 g/mol. The molecule has 0 heterocycles. The van der Waals surface area contributed by atoms with Gasteiger partial charge in [0, 0.05) is 6.21 Å². The lowest BCUT2D eigenvalue weighted by atomic mass is 10.1. The Morgan fingerprint density at radius 1 is 0.867 bits per heavy atom. The minimum absolute atomic E-state index is 0.0935. The highest BCUT2D eigenvalue weighted by atomic mass is 32.2. The molecule has 0 aliphatic carbocycles. The van der Waals surface area contributed by atoms with E-state index in [2.05, 4.69) is 11.1 Å². The van der Waals surface area contributed by atoms with Crippen LogP contribution >= 0.6 is 0 Å². The van der Waals surface area contributed by atoms with Gasteiger partial charge < -0.3 is 8.92 Å². The molecule has 5 nitrogen and oxygen atoms in total. The molecule has 3 rings (SSSR count). The van der Waals surface area contributed by atoms with Crippen molar-refractivity contribution in [1.29, 1.82) is 0 Å². The molecular formula is C24H25NO4S. The van der Waals surface area contributed by atoms with Gasteiger partial charge in [-0.05, 0) is 75.2 Å². The number of aryl methyl sites for hydroxylation is 3. The van der Waals surface area contributed by atoms with Crippen molar-refractivity contribution in [3.05, 3.63) is 82.9 Å². The lowest BCUT2D eigenvalue weighted by Gasteiger charge is -2.12. The number of nitrogens with zero attached hydrogens (tertiary/aromatic N) is 1. The van der Waals surface area contributed by atoms with Crippen molar-refractivity contribution in [2.24, 2.45) is 4.99 Å². The Balaban J connectivity index is 1.87. The second-order valence-corrected chi connectivity index (χ2v) is 8.58. The fourth-order valence-electron chi connectivity index (χ4n) is 2.91. The zero-order chi connectivity index (χ0) is 21.7. The van der Waals surface area contributed by atoms with Crippen molar-refractivity contribution in [3.8, 4) is 11.5 Å². The van der Waals surface area contributed by atoms with Crippen LogP contribution in [0.25, 0.3) is 0 Å². The second-order valence-electron chi connectivity index (χ2n) is 7.04. The van der Waals surface area contributed by atoms with E-state index in [9.17, 15) is 8.42 Å². The average molecular weight is 424 g/mol. The third kappa shape index (κ3) is 5.27. The van der Waals surface area contributed by atoms with E-state index in [4.69, 9.17) is 8.92 Å². The van der Waals surface area contributed by atoms with E-state index >= 15 is 0 Å². The van der Waals surface area contributed by atoms with E-state index in [0.29, 0.717) is 12.4 Å². The molecule has 0 aliphatic heterocycles. The van der Waals surface area contributed by atoms with Gasteiger partial charge in [-0.15, -0.1) is 0 Å². The molecule has 0 bridgehead atoms. The Kier molecular flexibility index (Phi) is 6.57. The fourth-order valence-corrected chi connectivity index (χ4v) is 3.85. The summed E-state index contributed by atoms with van der Waals surface area (Å²) in [6.07, 6.45) is 1.72. The van der Waals surface area contributed by atoms with E-state index in [-0.39, 0.29) is 10.6 Å². The predicted octanol–water partition coefficient (Wildman–Crippen LogP) is 5.53. The lowest BCUT2D eigenvalue weighted by Crippen LogP contribution is -2.11. The van der Waals surface area contributed by atoms with Gasteiger partial charge in [-0.25, -0.2) is 0 Å². The summed E-state index contributed by atoms with van der Waals surface area (Å²) in [5.74, 6) is 0.485. The van der Waals surface area contributed by atoms with Crippen molar-refractivity contribution in [2.45, 2.75) is 32.6 Å². The molecule has 0 aliphatic rings. The molecule has 6 heteroatoms. The molecule has 0 atom stereocenters. The number of ether oxygens (including phenoxy) is 1. The highest BCUT2D eigenvalue weighted by Crippen LogP contribution is 2.31. The molecule has 3 aromatic rings. The monoisotopic (exact) mass is 423 g/mol. The van der Waals surface area contributed by atoms with Crippen LogP contribution in [0.15, 0.2) is 70.6 Å². The van der Waals surface area contributed by atoms with E-state index in [0.717, 1.165) is 22.4 Å². The maximum Gasteiger partial charge on any atom is 0.339 e. The van der Waals surface area contributed by atoms with E-state index in [1.807, 2.05) is 39.8 Å². The third-order valence-corrected chi connectivity index (χ3v) is 5.73. The van der Waals surface area contributed by atoms with Crippen LogP contribution in [0.3, 0.4) is 0 Å². The Labute approximate surface area is 178 Å². The van der Waals surface area contributed by atoms with Gasteiger partial charge in [0.05, 0.1) is 12.3 Å². The van der Waals surface area contributed by atoms with Gasteiger partial charge in [0.15, 0.2) is 11.5 Å². The largest absolute Gasteiger partial charge is 0.490 e. The summed E-state index contributed by atoms with van der Waals surface area (Å²) < 4.78 is 36.2. The molecule has 3 aromatic carbocycles. The van der Waals surface area contributed by atoms with Gasteiger partial charge in [-0.2, -0.15) is 8.42 Å². The highest BCUT2D eigenvalue weighted by Gasteiger charge is 2.19. The zero-order valence-electron chi connectivity index (χ0n) is 17.5. The van der Waals surface area contributed by atoms with Crippen LogP contribution in [0.5, 0.6) is 11.5 Å². The number of benzene rings is 3. The number of aliphatic imine (C=N–C) groups is 1. The summed E-state index contributed by atoms with van der Waals surface area (Å²) in [4.78, 5) is 4.63. The summed E-state index contributed by atoms with van der Waals surface area (Å²) in [5, 5.41) is 0. The molecule has 30 heavy (non-hydrogen) atoms. The van der Waals surface area contributed by atoms with Gasteiger partial charge in [-0.1, -0.05) is 35.4 Å². The topological polar surface area (TPSA) is 65.0 Å². The Morgan fingerprint density at radius 2 is 1.57 bits per heavy atom. The molecule has 0 amide bonds. The minimum Gasteiger partial charge on any atom is -0.490 e. The van der Waals surface area contributed by atoms with E-state index < -0.39 is 10.1 Å². The summed E-state index contributed by atoms with van der Waals surface area (Å²) in [6.45, 7) is 8.15. The Hall–Kier alpha value is -3.12. The van der Waals surface area contributed by atoms with E-state index in [1.54, 1.807) is 36.5 Å². The molecule has 0 unspecified atom stereocenters. The number of hydrogen-bond acceptors (Lipinski definition) is 5. The fraction of sp³-hybridized carbons (Fsp3) is 0.208. The van der Waals surface area contributed by atoms with Crippen molar-refractivity contribution in [1.82, 2.24) is 0 Å². The molecule has 0 aromatic heterocycles. The van der Waals surface area contributed by atoms with Gasteiger partial charge in [0.2, 0.25) is 0 Å². The number of rotatable bonds is 7. The van der Waals surface area contributed by atoms with Gasteiger partial charge in [0.25, 0.3) is 0 Å². The molecule has 0 saturated heterocycles. The lowest BCUT2D eigenvalue weighted by molar-refractivity contribution is 0.327. The maximum absolute atomic E-state index is 12.6. The maximum atomic E-state index is 12.6. The summed E-state index contributed by atoms with van der Waals surface area (Å²) in [7, 11) is -3.96. The van der Waals surface area contributed by atoms with Crippen LogP contribution in [0.2, 0.25) is 0 Å². The molecule has 156 valence electrons. The van der Waals surface area contributed by atoms with Crippen molar-refractivity contribution in [3.63, 3.8) is 0 Å². The first-order valence-electron chi connectivity index (χ1n) is 9.68. The first kappa shape index (κ1) is 21.6. The minimum atomic E-state index is -3.96. The Bertz CT molecular complexity index is 1170. The second kappa shape index (κ2) is 9.13. The number of hydrogen-bond donors (Lipinski definition) is 0. The van der Waals surface area contributed by atoms with Gasteiger partial charge >= 0.3 is 10.1 Å². The van der Waals surface area contributed by atoms with Crippen LogP contribution < -0.4 is 8.92 Å². The van der Waals surface area contributed by atoms with Gasteiger partial charge in [-0.3, -0.25) is 4.99 Å². The molecule has 0 N–H and O–H groups in total. The molecule has 0 fully saturated rings. The van der Waals surface area contributed by atoms with Crippen molar-refractivity contribution in [2.75, 3.05) is 6.61 Å².